The third kappa shape index (κ3) is 5.54. The third-order valence-electron chi connectivity index (χ3n) is 7.83. The van der Waals surface area contributed by atoms with E-state index in [1.54, 1.807) is 4.68 Å². The Morgan fingerprint density at radius 2 is 1.76 bits per heavy atom. The number of carbonyl (C=O) groups is 2. The topological polar surface area (TPSA) is 76.9 Å². The van der Waals surface area contributed by atoms with Crippen molar-refractivity contribution in [3.05, 3.63) is 46.8 Å². The molecule has 1 aliphatic carbocycles. The van der Waals surface area contributed by atoms with E-state index >= 15 is 0 Å². The van der Waals surface area contributed by atoms with E-state index in [-0.39, 0.29) is 36.7 Å². The van der Waals surface area contributed by atoms with Crippen molar-refractivity contribution < 1.29 is 19.1 Å². The van der Waals surface area contributed by atoms with Gasteiger partial charge in [-0.1, -0.05) is 32.0 Å². The van der Waals surface area contributed by atoms with Crippen LogP contribution >= 0.6 is 0 Å². The minimum Gasteiger partial charge on any atom is -0.490 e. The van der Waals surface area contributed by atoms with Crippen molar-refractivity contribution in [3.63, 3.8) is 0 Å². The molecule has 3 heterocycles. The maximum absolute atomic E-state index is 13.4. The first-order valence-electron chi connectivity index (χ1n) is 13.9. The molecule has 0 unspecified atom stereocenters. The molecule has 8 heteroatoms. The predicted octanol–water partition coefficient (Wildman–Crippen LogP) is 3.81. The second-order valence-electron chi connectivity index (χ2n) is 11.1. The third-order valence-corrected chi connectivity index (χ3v) is 7.83. The summed E-state index contributed by atoms with van der Waals surface area (Å²) in [6.07, 6.45) is 4.47. The molecule has 0 saturated carbocycles. The van der Waals surface area contributed by atoms with Crippen molar-refractivity contribution in [3.8, 4) is 5.75 Å². The van der Waals surface area contributed by atoms with Gasteiger partial charge >= 0.3 is 0 Å². The van der Waals surface area contributed by atoms with E-state index in [1.165, 1.54) is 5.56 Å². The zero-order chi connectivity index (χ0) is 26.1. The van der Waals surface area contributed by atoms with Crippen molar-refractivity contribution in [2.45, 2.75) is 90.6 Å². The highest BCUT2D eigenvalue weighted by atomic mass is 16.5. The largest absolute Gasteiger partial charge is 0.490 e. The zero-order valence-electron chi connectivity index (χ0n) is 22.6. The number of nitrogens with zero attached hydrogens (tertiary/aromatic N) is 4. The van der Waals surface area contributed by atoms with Crippen LogP contribution in [-0.4, -0.2) is 75.9 Å². The number of hydrogen-bond acceptors (Lipinski definition) is 5. The number of fused-ring (bicyclic) bond motifs is 1. The van der Waals surface area contributed by atoms with E-state index in [2.05, 4.69) is 26.0 Å². The van der Waals surface area contributed by atoms with Crippen LogP contribution in [0.2, 0.25) is 0 Å². The number of amides is 2. The molecule has 0 N–H and O–H groups in total. The molecule has 2 atom stereocenters. The van der Waals surface area contributed by atoms with Gasteiger partial charge < -0.3 is 19.3 Å². The second kappa shape index (κ2) is 10.9. The standard InChI is InChI=1S/C29H40N4O4/c1-19(2)23-8-5-6-11-26(23)37-22-12-14-31(15-13-22)27(34)18-33-25-10-7-9-24(25)28(30-33)29(35)32-16-20(3)36-21(4)17-32/h5-6,8,11,19-22H,7,9-10,12-18H2,1-4H3/t20-,21+. The minimum absolute atomic E-state index is 0.00942. The van der Waals surface area contributed by atoms with Gasteiger partial charge in [-0.25, -0.2) is 0 Å². The molecule has 3 aliphatic rings. The highest BCUT2D eigenvalue weighted by Crippen LogP contribution is 2.30. The summed E-state index contributed by atoms with van der Waals surface area (Å²) in [5, 5.41) is 4.70. The van der Waals surface area contributed by atoms with E-state index in [0.717, 1.165) is 49.1 Å². The number of ether oxygens (including phenoxy) is 2. The number of benzene rings is 1. The molecule has 2 aliphatic heterocycles. The van der Waals surface area contributed by atoms with Gasteiger partial charge in [0.25, 0.3) is 5.91 Å². The van der Waals surface area contributed by atoms with Crippen LogP contribution in [0.1, 0.15) is 80.2 Å². The lowest BCUT2D eigenvalue weighted by Gasteiger charge is -2.35. The van der Waals surface area contributed by atoms with Gasteiger partial charge in [-0.2, -0.15) is 5.10 Å². The molecule has 0 spiro atoms. The Hall–Kier alpha value is -2.87. The van der Waals surface area contributed by atoms with Crippen LogP contribution in [0.15, 0.2) is 24.3 Å². The molecule has 2 amide bonds. The average molecular weight is 509 g/mol. The van der Waals surface area contributed by atoms with E-state index in [0.29, 0.717) is 37.8 Å². The molecule has 37 heavy (non-hydrogen) atoms. The maximum atomic E-state index is 13.4. The van der Waals surface area contributed by atoms with Crippen molar-refractivity contribution in [1.82, 2.24) is 19.6 Å². The Morgan fingerprint density at radius 1 is 1.05 bits per heavy atom. The molecule has 5 rings (SSSR count). The van der Waals surface area contributed by atoms with Crippen LogP contribution in [0.3, 0.4) is 0 Å². The monoisotopic (exact) mass is 508 g/mol. The molecule has 200 valence electrons. The predicted molar refractivity (Wildman–Crippen MR) is 141 cm³/mol. The van der Waals surface area contributed by atoms with Gasteiger partial charge in [-0.15, -0.1) is 0 Å². The highest BCUT2D eigenvalue weighted by molar-refractivity contribution is 5.94. The van der Waals surface area contributed by atoms with Crippen LogP contribution in [0.4, 0.5) is 0 Å². The normalized spacial score (nSPS) is 22.4. The Kier molecular flexibility index (Phi) is 7.56. The minimum atomic E-state index is -0.0361. The first-order valence-corrected chi connectivity index (χ1v) is 13.9. The molecule has 0 bridgehead atoms. The summed E-state index contributed by atoms with van der Waals surface area (Å²) in [5.74, 6) is 1.38. The summed E-state index contributed by atoms with van der Waals surface area (Å²) >= 11 is 0. The molecule has 8 nitrogen and oxygen atoms in total. The van der Waals surface area contributed by atoms with Gasteiger partial charge in [0, 0.05) is 50.3 Å². The number of aromatic nitrogens is 2. The first kappa shape index (κ1) is 25.8. The fourth-order valence-electron chi connectivity index (χ4n) is 6.00. The second-order valence-corrected chi connectivity index (χ2v) is 11.1. The Labute approximate surface area is 219 Å². The van der Waals surface area contributed by atoms with Gasteiger partial charge in [0.05, 0.1) is 12.2 Å². The molecule has 1 aromatic carbocycles. The number of likely N-dealkylation sites (tertiary alicyclic amines) is 1. The SMILES string of the molecule is CC(C)c1ccccc1OC1CCN(C(=O)Cn2nc(C(=O)N3C[C@@H](C)O[C@@H](C)C3)c3c2CCC3)CC1. The number of morpholine rings is 1. The Morgan fingerprint density at radius 3 is 2.46 bits per heavy atom. The molecular formula is C29H40N4O4. The van der Waals surface area contributed by atoms with E-state index in [9.17, 15) is 9.59 Å². The van der Waals surface area contributed by atoms with Gasteiger partial charge in [-0.3, -0.25) is 14.3 Å². The van der Waals surface area contributed by atoms with Gasteiger partial charge in [0.15, 0.2) is 5.69 Å². The van der Waals surface area contributed by atoms with E-state index in [4.69, 9.17) is 14.6 Å². The van der Waals surface area contributed by atoms with Crippen LogP contribution < -0.4 is 4.74 Å². The molecular weight excluding hydrogens is 468 g/mol. The van der Waals surface area contributed by atoms with Crippen LogP contribution in [0, 0.1) is 0 Å². The number of para-hydroxylation sites is 1. The van der Waals surface area contributed by atoms with Gasteiger partial charge in [0.1, 0.15) is 18.4 Å². The molecule has 1 aromatic heterocycles. The molecule has 2 saturated heterocycles. The summed E-state index contributed by atoms with van der Waals surface area (Å²) in [6.45, 7) is 11.0. The van der Waals surface area contributed by atoms with Crippen LogP contribution in [0.5, 0.6) is 5.75 Å². The van der Waals surface area contributed by atoms with Crippen LogP contribution in [0.25, 0.3) is 0 Å². The lowest BCUT2D eigenvalue weighted by Crippen LogP contribution is -2.48. The van der Waals surface area contributed by atoms with E-state index < -0.39 is 0 Å². The van der Waals surface area contributed by atoms with Gasteiger partial charge in [-0.05, 0) is 50.7 Å². The summed E-state index contributed by atoms with van der Waals surface area (Å²) < 4.78 is 13.9. The average Bonchev–Trinajstić information content (AvgIpc) is 3.47. The summed E-state index contributed by atoms with van der Waals surface area (Å²) in [5.41, 5.74) is 3.83. The lowest BCUT2D eigenvalue weighted by molar-refractivity contribution is -0.133. The highest BCUT2D eigenvalue weighted by Gasteiger charge is 2.33. The Bertz CT molecular complexity index is 1120. The first-order chi connectivity index (χ1) is 17.8. The molecule has 2 aromatic rings. The van der Waals surface area contributed by atoms with Crippen molar-refractivity contribution in [2.75, 3.05) is 26.2 Å². The van der Waals surface area contributed by atoms with Crippen molar-refractivity contribution in [2.24, 2.45) is 0 Å². The number of hydrogen-bond donors (Lipinski definition) is 0. The summed E-state index contributed by atoms with van der Waals surface area (Å²) in [4.78, 5) is 30.4. The van der Waals surface area contributed by atoms with Gasteiger partial charge in [0.2, 0.25) is 5.91 Å². The number of piperidine rings is 1. The van der Waals surface area contributed by atoms with Crippen LogP contribution in [-0.2, 0) is 28.9 Å². The quantitative estimate of drug-likeness (QED) is 0.593. The number of carbonyl (C=O) groups excluding carboxylic acids is 2. The zero-order valence-corrected chi connectivity index (χ0v) is 22.6. The number of rotatable bonds is 6. The Balaban J connectivity index is 1.21. The molecule has 0 radical (unpaired) electrons. The van der Waals surface area contributed by atoms with Crippen molar-refractivity contribution in [1.29, 1.82) is 0 Å². The molecule has 2 fully saturated rings. The fraction of sp³-hybridized carbons (Fsp3) is 0.621. The maximum Gasteiger partial charge on any atom is 0.274 e. The smallest absolute Gasteiger partial charge is 0.274 e. The summed E-state index contributed by atoms with van der Waals surface area (Å²) in [6, 6.07) is 8.24. The van der Waals surface area contributed by atoms with Crippen molar-refractivity contribution >= 4 is 11.8 Å². The van der Waals surface area contributed by atoms with E-state index in [1.807, 2.05) is 35.8 Å². The fourth-order valence-corrected chi connectivity index (χ4v) is 6.00. The summed E-state index contributed by atoms with van der Waals surface area (Å²) in [7, 11) is 0. The lowest BCUT2D eigenvalue weighted by atomic mass is 10.0.